The maximum absolute atomic E-state index is 12.9. The first-order chi connectivity index (χ1) is 13.3. The maximum atomic E-state index is 12.9. The average molecular weight is 402 g/mol. The van der Waals surface area contributed by atoms with Crippen LogP contribution in [0.15, 0.2) is 30.9 Å². The first-order valence-corrected chi connectivity index (χ1v) is 9.24. The lowest BCUT2D eigenvalue weighted by molar-refractivity contribution is 0.0351. The molecule has 10 heteroatoms. The number of aliphatic hydroxyl groups is 1. The minimum Gasteiger partial charge on any atom is -0.390 e. The number of pyridine rings is 1. The molecular weight excluding hydrogens is 382 g/mol. The molecule has 1 aliphatic rings. The van der Waals surface area contributed by atoms with E-state index in [9.17, 15) is 9.90 Å². The molecule has 0 unspecified atom stereocenters. The van der Waals surface area contributed by atoms with Crippen LogP contribution >= 0.6 is 11.6 Å². The Morgan fingerprint density at radius 1 is 1.36 bits per heavy atom. The molecule has 4 N–H and O–H groups in total. The fourth-order valence-corrected chi connectivity index (χ4v) is 3.46. The van der Waals surface area contributed by atoms with Gasteiger partial charge in [0.2, 0.25) is 0 Å². The average Bonchev–Trinajstić information content (AvgIpc) is 2.97. The largest absolute Gasteiger partial charge is 0.390 e. The summed E-state index contributed by atoms with van der Waals surface area (Å²) in [6.07, 6.45) is 7.52. The molecule has 0 bridgehead atoms. The number of carbonyl (C=O) groups excluding carboxylic acids is 1. The summed E-state index contributed by atoms with van der Waals surface area (Å²) >= 11 is 5.92. The number of halogens is 1. The summed E-state index contributed by atoms with van der Waals surface area (Å²) < 4.78 is 1.38. The highest BCUT2D eigenvalue weighted by molar-refractivity contribution is 6.30. The van der Waals surface area contributed by atoms with Crippen LogP contribution in [0.4, 0.5) is 17.2 Å². The molecule has 9 nitrogen and oxygen atoms in total. The fraction of sp³-hybridized carbons (Fsp3) is 0.333. The number of hydrogen-bond donors (Lipinski definition) is 3. The molecule has 0 saturated carbocycles. The van der Waals surface area contributed by atoms with E-state index in [4.69, 9.17) is 17.3 Å². The van der Waals surface area contributed by atoms with Gasteiger partial charge in [0, 0.05) is 25.5 Å². The summed E-state index contributed by atoms with van der Waals surface area (Å²) in [5.74, 6) is -0.368. The third-order valence-electron chi connectivity index (χ3n) is 4.92. The summed E-state index contributed by atoms with van der Waals surface area (Å²) in [6, 6.07) is 1.84. The number of aromatic nitrogens is 4. The second-order valence-corrected chi connectivity index (χ2v) is 7.57. The second-order valence-electron chi connectivity index (χ2n) is 7.13. The zero-order chi connectivity index (χ0) is 19.9. The number of rotatable bonds is 3. The minimum atomic E-state index is -0.661. The third kappa shape index (κ3) is 3.46. The molecule has 28 heavy (non-hydrogen) atoms. The Hall–Kier alpha value is -2.91. The Bertz CT molecular complexity index is 1040. The van der Waals surface area contributed by atoms with E-state index < -0.39 is 11.5 Å². The molecule has 0 aromatic carbocycles. The van der Waals surface area contributed by atoms with E-state index >= 15 is 0 Å². The van der Waals surface area contributed by atoms with Gasteiger partial charge in [0.15, 0.2) is 11.5 Å². The summed E-state index contributed by atoms with van der Waals surface area (Å²) in [6.45, 7) is 3.20. The Labute approximate surface area is 166 Å². The van der Waals surface area contributed by atoms with Gasteiger partial charge in [-0.2, -0.15) is 0 Å². The van der Waals surface area contributed by atoms with Gasteiger partial charge in [-0.05, 0) is 25.8 Å². The van der Waals surface area contributed by atoms with Gasteiger partial charge in [0.05, 0.1) is 34.4 Å². The van der Waals surface area contributed by atoms with Crippen LogP contribution in [0, 0.1) is 0 Å². The van der Waals surface area contributed by atoms with E-state index in [1.54, 1.807) is 12.4 Å². The molecule has 4 rings (SSSR count). The van der Waals surface area contributed by atoms with Crippen LogP contribution < -0.4 is 16.0 Å². The quantitative estimate of drug-likeness (QED) is 0.613. The van der Waals surface area contributed by atoms with Gasteiger partial charge in [-0.1, -0.05) is 11.6 Å². The molecule has 1 saturated heterocycles. The molecule has 0 atom stereocenters. The van der Waals surface area contributed by atoms with Crippen LogP contribution in [0.5, 0.6) is 0 Å². The first-order valence-electron chi connectivity index (χ1n) is 8.86. The van der Waals surface area contributed by atoms with E-state index in [2.05, 4.69) is 25.3 Å². The van der Waals surface area contributed by atoms with Crippen molar-refractivity contribution in [2.75, 3.05) is 29.0 Å². The molecule has 1 amide bonds. The smallest absolute Gasteiger partial charge is 0.263 e. The van der Waals surface area contributed by atoms with E-state index in [-0.39, 0.29) is 11.4 Å². The van der Waals surface area contributed by atoms with Crippen LogP contribution in [0.25, 0.3) is 5.65 Å². The topological polar surface area (TPSA) is 122 Å². The Kier molecular flexibility index (Phi) is 4.56. The lowest BCUT2D eigenvalue weighted by Crippen LogP contribution is -2.42. The molecule has 3 aromatic rings. The number of nitrogens with zero attached hydrogens (tertiary/aromatic N) is 5. The first kappa shape index (κ1) is 18.5. The molecule has 3 aromatic heterocycles. The number of fused-ring (bicyclic) bond motifs is 1. The normalized spacial score (nSPS) is 16.3. The molecule has 0 aliphatic carbocycles. The van der Waals surface area contributed by atoms with Crippen LogP contribution in [-0.2, 0) is 0 Å². The highest BCUT2D eigenvalue weighted by Crippen LogP contribution is 2.31. The van der Waals surface area contributed by atoms with Crippen molar-refractivity contribution < 1.29 is 9.90 Å². The van der Waals surface area contributed by atoms with Crippen molar-refractivity contribution in [1.29, 1.82) is 0 Å². The lowest BCUT2D eigenvalue weighted by atomic mass is 9.93. The van der Waals surface area contributed by atoms with Crippen molar-refractivity contribution in [3.05, 3.63) is 41.4 Å². The molecule has 0 spiro atoms. The van der Waals surface area contributed by atoms with Crippen molar-refractivity contribution in [2.45, 2.75) is 25.4 Å². The van der Waals surface area contributed by atoms with Crippen LogP contribution in [0.3, 0.4) is 0 Å². The number of hydrogen-bond acceptors (Lipinski definition) is 7. The van der Waals surface area contributed by atoms with Gasteiger partial charge in [-0.15, -0.1) is 5.10 Å². The standard InChI is InChI=1S/C18H20ClN7O2/c1-18(28)3-6-25(7-4-18)13-2-5-21-9-12(13)23-17(27)14-15(20)24-26-10-11(19)8-22-16(14)26/h2,5,8-10,28H,3-4,6-7H2,1H3,(H2,20,24)(H,23,27). The summed E-state index contributed by atoms with van der Waals surface area (Å²) in [5, 5.41) is 17.5. The van der Waals surface area contributed by atoms with Crippen LogP contribution in [-0.4, -0.2) is 49.3 Å². The number of amides is 1. The summed E-state index contributed by atoms with van der Waals surface area (Å²) in [4.78, 5) is 23.3. The number of nitrogen functional groups attached to an aromatic ring is 1. The molecule has 4 heterocycles. The van der Waals surface area contributed by atoms with Gasteiger partial charge in [0.1, 0.15) is 5.56 Å². The molecule has 1 fully saturated rings. The number of piperidine rings is 1. The van der Waals surface area contributed by atoms with Gasteiger partial charge in [0.25, 0.3) is 5.91 Å². The van der Waals surface area contributed by atoms with Gasteiger partial charge in [-0.25, -0.2) is 9.50 Å². The molecule has 1 aliphatic heterocycles. The van der Waals surface area contributed by atoms with Gasteiger partial charge in [-0.3, -0.25) is 9.78 Å². The molecular formula is C18H20ClN7O2. The number of carbonyl (C=O) groups is 1. The Balaban J connectivity index is 1.62. The number of nitrogens with one attached hydrogen (secondary N) is 1. The Morgan fingerprint density at radius 3 is 2.86 bits per heavy atom. The van der Waals surface area contributed by atoms with Gasteiger partial charge < -0.3 is 21.1 Å². The van der Waals surface area contributed by atoms with Crippen LogP contribution in [0.1, 0.15) is 30.1 Å². The number of anilines is 3. The van der Waals surface area contributed by atoms with Gasteiger partial charge >= 0.3 is 0 Å². The SMILES string of the molecule is CC1(O)CCN(c2ccncc2NC(=O)c2c(N)nn3cc(Cl)cnc23)CC1. The van der Waals surface area contributed by atoms with Crippen molar-refractivity contribution in [3.8, 4) is 0 Å². The van der Waals surface area contributed by atoms with Crippen molar-refractivity contribution in [3.63, 3.8) is 0 Å². The highest BCUT2D eigenvalue weighted by Gasteiger charge is 2.29. The Morgan fingerprint density at radius 2 is 2.11 bits per heavy atom. The monoisotopic (exact) mass is 401 g/mol. The van der Waals surface area contributed by atoms with Crippen molar-refractivity contribution >= 4 is 40.3 Å². The van der Waals surface area contributed by atoms with E-state index in [1.807, 2.05) is 13.0 Å². The van der Waals surface area contributed by atoms with E-state index in [1.165, 1.54) is 16.9 Å². The number of nitrogens with two attached hydrogens (primary N) is 1. The zero-order valence-corrected chi connectivity index (χ0v) is 16.0. The minimum absolute atomic E-state index is 0.0618. The predicted molar refractivity (Wildman–Crippen MR) is 107 cm³/mol. The fourth-order valence-electron chi connectivity index (χ4n) is 3.32. The van der Waals surface area contributed by atoms with Crippen molar-refractivity contribution in [2.24, 2.45) is 0 Å². The summed E-state index contributed by atoms with van der Waals surface area (Å²) in [7, 11) is 0. The van der Waals surface area contributed by atoms with E-state index in [0.717, 1.165) is 5.69 Å². The maximum Gasteiger partial charge on any atom is 0.263 e. The highest BCUT2D eigenvalue weighted by atomic mass is 35.5. The zero-order valence-electron chi connectivity index (χ0n) is 15.3. The van der Waals surface area contributed by atoms with E-state index in [0.29, 0.717) is 42.3 Å². The lowest BCUT2D eigenvalue weighted by Gasteiger charge is -2.37. The molecule has 146 valence electrons. The molecule has 0 radical (unpaired) electrons. The summed E-state index contributed by atoms with van der Waals surface area (Å²) in [5.41, 5.74) is 7.17. The predicted octanol–water partition coefficient (Wildman–Crippen LogP) is 1.96. The van der Waals surface area contributed by atoms with Crippen LogP contribution in [0.2, 0.25) is 5.02 Å². The third-order valence-corrected chi connectivity index (χ3v) is 5.12. The second kappa shape index (κ2) is 6.92. The van der Waals surface area contributed by atoms with Crippen molar-refractivity contribution in [1.82, 2.24) is 19.6 Å².